The Morgan fingerprint density at radius 3 is 2.00 bits per heavy atom. The van der Waals surface area contributed by atoms with Gasteiger partial charge in [0.05, 0.1) is 11.3 Å². The van der Waals surface area contributed by atoms with Crippen molar-refractivity contribution < 1.29 is 31.5 Å². The number of carbonyl (C=O) groups is 1. The second kappa shape index (κ2) is 9.74. The van der Waals surface area contributed by atoms with Gasteiger partial charge in [-0.3, -0.25) is 9.52 Å². The Bertz CT molecular complexity index is 1270. The van der Waals surface area contributed by atoms with E-state index in [1.54, 1.807) is 26.0 Å². The van der Waals surface area contributed by atoms with Gasteiger partial charge >= 0.3 is 6.18 Å². The fourth-order valence-electron chi connectivity index (χ4n) is 3.05. The van der Waals surface area contributed by atoms with Crippen molar-refractivity contribution in [3.8, 4) is 16.9 Å². The molecule has 0 spiro atoms. The van der Waals surface area contributed by atoms with Crippen LogP contribution in [0.15, 0.2) is 66.7 Å². The van der Waals surface area contributed by atoms with E-state index >= 15 is 0 Å². The van der Waals surface area contributed by atoms with Gasteiger partial charge in [0, 0.05) is 17.3 Å². The van der Waals surface area contributed by atoms with Gasteiger partial charge in [0.25, 0.3) is 16.1 Å². The van der Waals surface area contributed by atoms with Gasteiger partial charge in [-0.1, -0.05) is 24.3 Å². The van der Waals surface area contributed by atoms with Crippen molar-refractivity contribution in [1.29, 1.82) is 0 Å². The number of anilines is 2. The third kappa shape index (κ3) is 6.49. The van der Waals surface area contributed by atoms with E-state index < -0.39 is 27.9 Å². The molecule has 0 aliphatic heterocycles. The lowest BCUT2D eigenvalue weighted by atomic mass is 10.0. The highest BCUT2D eigenvalue weighted by molar-refractivity contribution is 7.90. The van der Waals surface area contributed by atoms with Gasteiger partial charge in [0.1, 0.15) is 5.75 Å². The zero-order valence-corrected chi connectivity index (χ0v) is 19.0. The number of carbonyl (C=O) groups excluding carboxylic acids is 1. The van der Waals surface area contributed by atoms with Crippen LogP contribution in [0.5, 0.6) is 5.75 Å². The van der Waals surface area contributed by atoms with Crippen molar-refractivity contribution >= 4 is 27.5 Å². The minimum absolute atomic E-state index is 0.122. The molecule has 3 aromatic carbocycles. The maximum absolute atomic E-state index is 12.7. The van der Waals surface area contributed by atoms with E-state index in [1.165, 1.54) is 42.5 Å². The summed E-state index contributed by atoms with van der Waals surface area (Å²) < 4.78 is 66.8. The molecule has 1 amide bonds. The first kappa shape index (κ1) is 25.1. The highest BCUT2D eigenvalue weighted by Crippen LogP contribution is 2.31. The molecule has 34 heavy (non-hydrogen) atoms. The minimum atomic E-state index is -4.42. The summed E-state index contributed by atoms with van der Waals surface area (Å²) in [5, 5.41) is 12.6. The second-order valence-electron chi connectivity index (χ2n) is 7.72. The van der Waals surface area contributed by atoms with Crippen molar-refractivity contribution in [2.24, 2.45) is 0 Å². The molecule has 4 N–H and O–H groups in total. The van der Waals surface area contributed by atoms with Crippen LogP contribution < -0.4 is 14.8 Å². The predicted octanol–water partition coefficient (Wildman–Crippen LogP) is 4.99. The van der Waals surface area contributed by atoms with E-state index in [-0.39, 0.29) is 28.7 Å². The summed E-state index contributed by atoms with van der Waals surface area (Å²) in [6.45, 7) is 3.27. The molecule has 7 nitrogen and oxygen atoms in total. The number of amides is 1. The molecule has 0 unspecified atom stereocenters. The van der Waals surface area contributed by atoms with Gasteiger partial charge in [0.2, 0.25) is 0 Å². The van der Waals surface area contributed by atoms with Crippen LogP contribution in [0.25, 0.3) is 11.1 Å². The quantitative estimate of drug-likeness (QED) is 0.275. The number of hydrogen-bond acceptors (Lipinski definition) is 4. The molecule has 0 aliphatic rings. The topological polar surface area (TPSA) is 108 Å². The molecule has 0 aliphatic carbocycles. The van der Waals surface area contributed by atoms with E-state index in [9.17, 15) is 31.5 Å². The average Bonchev–Trinajstić information content (AvgIpc) is 2.74. The van der Waals surface area contributed by atoms with Crippen LogP contribution in [0.3, 0.4) is 0 Å². The zero-order chi connectivity index (χ0) is 25.1. The summed E-state index contributed by atoms with van der Waals surface area (Å²) in [4.78, 5) is 12.6. The third-order valence-electron chi connectivity index (χ3n) is 4.58. The Kier molecular flexibility index (Phi) is 7.18. The number of phenolic OH excluding ortho intramolecular Hbond substituents is 1. The third-order valence-corrected chi connectivity index (χ3v) is 5.85. The first-order valence-electron chi connectivity index (χ1n) is 10.1. The maximum Gasteiger partial charge on any atom is 0.416 e. The number of benzene rings is 3. The van der Waals surface area contributed by atoms with Crippen LogP contribution in [0.2, 0.25) is 0 Å². The molecule has 0 saturated carbocycles. The van der Waals surface area contributed by atoms with Gasteiger partial charge in [-0.05, 0) is 67.4 Å². The van der Waals surface area contributed by atoms with E-state index in [1.807, 2.05) is 0 Å². The average molecular weight is 494 g/mol. The molecular formula is C23H22F3N3O4S. The van der Waals surface area contributed by atoms with Crippen LogP contribution >= 0.6 is 0 Å². The summed E-state index contributed by atoms with van der Waals surface area (Å²) in [6, 6.07) is 14.4. The van der Waals surface area contributed by atoms with Gasteiger partial charge in [-0.15, -0.1) is 0 Å². The smallest absolute Gasteiger partial charge is 0.416 e. The van der Waals surface area contributed by atoms with Crippen molar-refractivity contribution in [2.75, 3.05) is 10.0 Å². The van der Waals surface area contributed by atoms with Crippen LogP contribution in [0.4, 0.5) is 24.5 Å². The molecule has 0 fully saturated rings. The Hall–Kier alpha value is -3.57. The Labute approximate surface area is 194 Å². The lowest BCUT2D eigenvalue weighted by Gasteiger charge is -2.14. The normalized spacial score (nSPS) is 11.9. The summed E-state index contributed by atoms with van der Waals surface area (Å²) in [6.07, 6.45) is -4.42. The molecule has 180 valence electrons. The number of rotatable bonds is 7. The van der Waals surface area contributed by atoms with Crippen LogP contribution in [0, 0.1) is 0 Å². The van der Waals surface area contributed by atoms with E-state index in [0.717, 1.165) is 12.1 Å². The van der Waals surface area contributed by atoms with Gasteiger partial charge < -0.3 is 10.4 Å². The number of alkyl halides is 3. The fraction of sp³-hybridized carbons (Fsp3) is 0.174. The Morgan fingerprint density at radius 1 is 0.912 bits per heavy atom. The van der Waals surface area contributed by atoms with E-state index in [0.29, 0.717) is 11.1 Å². The number of phenols is 1. The number of nitrogens with one attached hydrogen (secondary N) is 3. The summed E-state index contributed by atoms with van der Waals surface area (Å²) >= 11 is 0. The monoisotopic (exact) mass is 493 g/mol. The van der Waals surface area contributed by atoms with Crippen molar-refractivity contribution in [2.45, 2.75) is 26.1 Å². The Balaban J connectivity index is 1.72. The van der Waals surface area contributed by atoms with Crippen LogP contribution in [-0.2, 0) is 16.4 Å². The summed E-state index contributed by atoms with van der Waals surface area (Å²) in [5.74, 6) is -0.827. The molecule has 0 bridgehead atoms. The maximum atomic E-state index is 12.7. The lowest BCUT2D eigenvalue weighted by Crippen LogP contribution is -2.35. The zero-order valence-electron chi connectivity index (χ0n) is 18.1. The highest BCUT2D eigenvalue weighted by atomic mass is 32.2. The van der Waals surface area contributed by atoms with Crippen molar-refractivity contribution in [3.63, 3.8) is 0 Å². The second-order valence-corrected chi connectivity index (χ2v) is 9.16. The van der Waals surface area contributed by atoms with Gasteiger partial charge in [-0.25, -0.2) is 0 Å². The van der Waals surface area contributed by atoms with Crippen LogP contribution in [0.1, 0.15) is 29.8 Å². The van der Waals surface area contributed by atoms with Crippen molar-refractivity contribution in [1.82, 2.24) is 4.72 Å². The number of aromatic hydroxyl groups is 1. The van der Waals surface area contributed by atoms with Crippen molar-refractivity contribution in [3.05, 3.63) is 77.9 Å². The summed E-state index contributed by atoms with van der Waals surface area (Å²) in [7, 11) is -3.93. The molecule has 11 heteroatoms. The fourth-order valence-corrected chi connectivity index (χ4v) is 4.18. The lowest BCUT2D eigenvalue weighted by molar-refractivity contribution is -0.137. The SMILES string of the molecule is CC(C)NS(=O)(=O)Nc1cc(NC(=O)c2ccc(-c3ccc(C(F)(F)F)cc3)cc2)ccc1O. The molecular weight excluding hydrogens is 471 g/mol. The molecule has 3 rings (SSSR count). The molecule has 0 heterocycles. The van der Waals surface area contributed by atoms with Gasteiger partial charge in [-0.2, -0.15) is 26.3 Å². The Morgan fingerprint density at radius 2 is 1.47 bits per heavy atom. The molecule has 0 radical (unpaired) electrons. The first-order chi connectivity index (χ1) is 15.8. The van der Waals surface area contributed by atoms with E-state index in [2.05, 4.69) is 14.8 Å². The molecule has 0 atom stereocenters. The van der Waals surface area contributed by atoms with Gasteiger partial charge in [0.15, 0.2) is 0 Å². The standard InChI is InChI=1S/C23H22F3N3O4S/c1-14(2)28-34(32,33)29-20-13-19(11-12-21(20)30)27-22(31)17-5-3-15(4-6-17)16-7-9-18(10-8-16)23(24,25)26/h3-14,28-30H,1-2H3,(H,27,31). The minimum Gasteiger partial charge on any atom is -0.506 e. The van der Waals surface area contributed by atoms with E-state index in [4.69, 9.17) is 0 Å². The predicted molar refractivity (Wildman–Crippen MR) is 124 cm³/mol. The highest BCUT2D eigenvalue weighted by Gasteiger charge is 2.30. The molecule has 3 aromatic rings. The largest absolute Gasteiger partial charge is 0.506 e. The van der Waals surface area contributed by atoms with Crippen LogP contribution in [-0.4, -0.2) is 25.5 Å². The first-order valence-corrected chi connectivity index (χ1v) is 11.5. The molecule has 0 aromatic heterocycles. The molecule has 0 saturated heterocycles. The number of hydrogen-bond donors (Lipinski definition) is 4. The number of halogens is 3. The summed E-state index contributed by atoms with van der Waals surface area (Å²) in [5.41, 5.74) is 0.824.